The van der Waals surface area contributed by atoms with Gasteiger partial charge in [0.1, 0.15) is 23.9 Å². The van der Waals surface area contributed by atoms with Gasteiger partial charge in [0.25, 0.3) is 5.91 Å². The number of benzene rings is 3. The average molecular weight is 478 g/mol. The van der Waals surface area contributed by atoms with Gasteiger partial charge in [-0.25, -0.2) is 0 Å². The molecule has 4 rings (SSSR count). The SMILES string of the molecule is CCOc1ccc(C(=O)N2CCc3cc(OC)c(OC)cc3C2COc2ccc(OC)cc2)cc1. The summed E-state index contributed by atoms with van der Waals surface area (Å²) in [6, 6.07) is 18.3. The van der Waals surface area contributed by atoms with Crippen LogP contribution in [0.4, 0.5) is 0 Å². The fourth-order valence-corrected chi connectivity index (χ4v) is 4.32. The minimum Gasteiger partial charge on any atom is -0.497 e. The maximum atomic E-state index is 13.6. The molecule has 1 unspecified atom stereocenters. The smallest absolute Gasteiger partial charge is 0.254 e. The van der Waals surface area contributed by atoms with Gasteiger partial charge in [0.05, 0.1) is 34.0 Å². The Bertz CT molecular complexity index is 1140. The first-order chi connectivity index (χ1) is 17.1. The van der Waals surface area contributed by atoms with Crippen molar-refractivity contribution in [2.45, 2.75) is 19.4 Å². The predicted octanol–water partition coefficient (Wildman–Crippen LogP) is 4.93. The molecule has 1 aliphatic rings. The van der Waals surface area contributed by atoms with Crippen LogP contribution < -0.4 is 23.7 Å². The minimum absolute atomic E-state index is 0.0585. The van der Waals surface area contributed by atoms with E-state index in [1.165, 1.54) is 0 Å². The van der Waals surface area contributed by atoms with Crippen LogP contribution in [0.1, 0.15) is 34.5 Å². The van der Waals surface area contributed by atoms with Crippen molar-refractivity contribution in [2.24, 2.45) is 0 Å². The number of hydrogen-bond donors (Lipinski definition) is 0. The summed E-state index contributed by atoms with van der Waals surface area (Å²) in [6.45, 7) is 3.36. The van der Waals surface area contributed by atoms with Gasteiger partial charge in [-0.05, 0) is 85.1 Å². The molecule has 0 spiro atoms. The molecule has 7 heteroatoms. The van der Waals surface area contributed by atoms with Crippen molar-refractivity contribution in [1.29, 1.82) is 0 Å². The molecule has 1 atom stereocenters. The molecule has 35 heavy (non-hydrogen) atoms. The lowest BCUT2D eigenvalue weighted by atomic mass is 9.91. The van der Waals surface area contributed by atoms with E-state index in [9.17, 15) is 4.79 Å². The van der Waals surface area contributed by atoms with Crippen LogP contribution in [-0.4, -0.2) is 51.9 Å². The number of amides is 1. The van der Waals surface area contributed by atoms with Gasteiger partial charge in [0.15, 0.2) is 11.5 Å². The Kier molecular flexibility index (Phi) is 7.65. The van der Waals surface area contributed by atoms with Crippen LogP contribution in [0.5, 0.6) is 28.7 Å². The number of nitrogens with zero attached hydrogens (tertiary/aromatic N) is 1. The lowest BCUT2D eigenvalue weighted by Crippen LogP contribution is -2.42. The summed E-state index contributed by atoms with van der Waals surface area (Å²) in [7, 11) is 4.86. The Hall–Kier alpha value is -3.87. The van der Waals surface area contributed by atoms with Crippen molar-refractivity contribution >= 4 is 5.91 Å². The molecule has 3 aromatic carbocycles. The second-order valence-electron chi connectivity index (χ2n) is 8.11. The number of hydrogen-bond acceptors (Lipinski definition) is 6. The first-order valence-corrected chi connectivity index (χ1v) is 11.6. The van der Waals surface area contributed by atoms with E-state index in [2.05, 4.69) is 0 Å². The molecule has 0 fully saturated rings. The number of methoxy groups -OCH3 is 3. The standard InChI is InChI=1S/C28H31NO6/c1-5-34-22-8-6-19(7-9-22)28(30)29-15-14-20-16-26(32-3)27(33-4)17-24(20)25(29)18-35-23-12-10-21(31-2)11-13-23/h6-13,16-17,25H,5,14-15,18H2,1-4H3. The van der Waals surface area contributed by atoms with Gasteiger partial charge in [0.2, 0.25) is 0 Å². The zero-order valence-electron chi connectivity index (χ0n) is 20.6. The van der Waals surface area contributed by atoms with Crippen molar-refractivity contribution in [3.8, 4) is 28.7 Å². The molecule has 1 aliphatic heterocycles. The molecule has 7 nitrogen and oxygen atoms in total. The maximum Gasteiger partial charge on any atom is 0.254 e. The molecule has 1 amide bonds. The molecule has 0 radical (unpaired) electrons. The first kappa shape index (κ1) is 24.3. The van der Waals surface area contributed by atoms with Gasteiger partial charge < -0.3 is 28.6 Å². The predicted molar refractivity (Wildman–Crippen MR) is 133 cm³/mol. The number of ether oxygens (including phenoxy) is 5. The van der Waals surface area contributed by atoms with Gasteiger partial charge in [-0.1, -0.05) is 0 Å². The highest BCUT2D eigenvalue weighted by Gasteiger charge is 2.33. The van der Waals surface area contributed by atoms with Gasteiger partial charge in [-0.2, -0.15) is 0 Å². The van der Waals surface area contributed by atoms with E-state index in [-0.39, 0.29) is 18.6 Å². The Morgan fingerprint density at radius 1 is 0.829 bits per heavy atom. The van der Waals surface area contributed by atoms with E-state index < -0.39 is 0 Å². The van der Waals surface area contributed by atoms with E-state index >= 15 is 0 Å². The maximum absolute atomic E-state index is 13.6. The first-order valence-electron chi connectivity index (χ1n) is 11.6. The van der Waals surface area contributed by atoms with Crippen molar-refractivity contribution in [3.63, 3.8) is 0 Å². The molecule has 0 saturated carbocycles. The van der Waals surface area contributed by atoms with Crippen LogP contribution >= 0.6 is 0 Å². The second kappa shape index (κ2) is 11.0. The van der Waals surface area contributed by atoms with Crippen LogP contribution in [0.2, 0.25) is 0 Å². The summed E-state index contributed by atoms with van der Waals surface area (Å²) in [5.41, 5.74) is 2.70. The molecule has 0 bridgehead atoms. The molecule has 0 N–H and O–H groups in total. The van der Waals surface area contributed by atoms with Crippen LogP contribution in [0.3, 0.4) is 0 Å². The topological polar surface area (TPSA) is 66.5 Å². The Labute approximate surface area is 206 Å². The molecule has 0 saturated heterocycles. The van der Waals surface area contributed by atoms with E-state index in [1.54, 1.807) is 33.5 Å². The molecular weight excluding hydrogens is 446 g/mol. The number of carbonyl (C=O) groups is 1. The molecule has 3 aromatic rings. The largest absolute Gasteiger partial charge is 0.497 e. The summed E-state index contributed by atoms with van der Waals surface area (Å²) in [5, 5.41) is 0. The van der Waals surface area contributed by atoms with Gasteiger partial charge in [-0.3, -0.25) is 4.79 Å². The summed E-state index contributed by atoms with van der Waals surface area (Å²) in [4.78, 5) is 15.5. The monoisotopic (exact) mass is 477 g/mol. The van der Waals surface area contributed by atoms with E-state index in [1.807, 2.05) is 60.4 Å². The van der Waals surface area contributed by atoms with Crippen LogP contribution in [-0.2, 0) is 6.42 Å². The Morgan fingerprint density at radius 3 is 2.06 bits per heavy atom. The second-order valence-corrected chi connectivity index (χ2v) is 8.11. The highest BCUT2D eigenvalue weighted by molar-refractivity contribution is 5.95. The van der Waals surface area contributed by atoms with Gasteiger partial charge in [0, 0.05) is 12.1 Å². The number of rotatable bonds is 9. The normalized spacial score (nSPS) is 14.6. The fraction of sp³-hybridized carbons (Fsp3) is 0.321. The Balaban J connectivity index is 1.65. The van der Waals surface area contributed by atoms with Crippen molar-refractivity contribution in [3.05, 3.63) is 77.4 Å². The molecule has 0 aromatic heterocycles. The zero-order chi connectivity index (χ0) is 24.8. The van der Waals surface area contributed by atoms with E-state index in [4.69, 9.17) is 23.7 Å². The number of fused-ring (bicyclic) bond motifs is 1. The summed E-state index contributed by atoms with van der Waals surface area (Å²) in [5.74, 6) is 3.43. The van der Waals surface area contributed by atoms with E-state index in [0.717, 1.165) is 22.6 Å². The van der Waals surface area contributed by atoms with Crippen LogP contribution in [0.15, 0.2) is 60.7 Å². The molecule has 0 aliphatic carbocycles. The summed E-state index contributed by atoms with van der Waals surface area (Å²) >= 11 is 0. The minimum atomic E-state index is -0.306. The third-order valence-electron chi connectivity index (χ3n) is 6.14. The molecule has 1 heterocycles. The molecular formula is C28H31NO6. The number of carbonyl (C=O) groups excluding carboxylic acids is 1. The highest BCUT2D eigenvalue weighted by atomic mass is 16.5. The van der Waals surface area contributed by atoms with Crippen LogP contribution in [0, 0.1) is 0 Å². The third kappa shape index (κ3) is 5.29. The van der Waals surface area contributed by atoms with Gasteiger partial charge >= 0.3 is 0 Å². The van der Waals surface area contributed by atoms with Crippen molar-refractivity contribution in [1.82, 2.24) is 4.90 Å². The lowest BCUT2D eigenvalue weighted by molar-refractivity contribution is 0.0589. The van der Waals surface area contributed by atoms with Crippen molar-refractivity contribution in [2.75, 3.05) is 41.1 Å². The van der Waals surface area contributed by atoms with Gasteiger partial charge in [-0.15, -0.1) is 0 Å². The zero-order valence-corrected chi connectivity index (χ0v) is 20.6. The molecule has 184 valence electrons. The summed E-state index contributed by atoms with van der Waals surface area (Å²) < 4.78 is 28.0. The average Bonchev–Trinajstić information content (AvgIpc) is 2.91. The quantitative estimate of drug-likeness (QED) is 0.435. The fourth-order valence-electron chi connectivity index (χ4n) is 4.32. The highest BCUT2D eigenvalue weighted by Crippen LogP contribution is 2.39. The van der Waals surface area contributed by atoms with Crippen molar-refractivity contribution < 1.29 is 28.5 Å². The third-order valence-corrected chi connectivity index (χ3v) is 6.14. The lowest BCUT2D eigenvalue weighted by Gasteiger charge is -2.37. The van der Waals surface area contributed by atoms with E-state index in [0.29, 0.717) is 42.4 Å². The summed E-state index contributed by atoms with van der Waals surface area (Å²) in [6.07, 6.45) is 0.706. The Morgan fingerprint density at radius 2 is 1.43 bits per heavy atom. The van der Waals surface area contributed by atoms with Crippen LogP contribution in [0.25, 0.3) is 0 Å².